The lowest BCUT2D eigenvalue weighted by Crippen LogP contribution is -2.46. The lowest BCUT2D eigenvalue weighted by molar-refractivity contribution is -0.128. The molecule has 0 aliphatic carbocycles. The molecule has 2 atom stereocenters. The molecule has 0 bridgehead atoms. The summed E-state index contributed by atoms with van der Waals surface area (Å²) in [4.78, 5) is 12.0. The third kappa shape index (κ3) is 4.85. The average Bonchev–Trinajstić information content (AvgIpc) is 2.28. The van der Waals surface area contributed by atoms with E-state index in [1.807, 2.05) is 39.8 Å². The molecule has 20 heavy (non-hydrogen) atoms. The Bertz CT molecular complexity index is 475. The topological polar surface area (TPSA) is 58.6 Å². The molecule has 4 heteroatoms. The molecule has 0 aromatic heterocycles. The summed E-state index contributed by atoms with van der Waals surface area (Å²) in [5.41, 5.74) is 1.44. The Morgan fingerprint density at radius 3 is 2.40 bits per heavy atom. The van der Waals surface area contributed by atoms with Crippen molar-refractivity contribution < 1.29 is 14.6 Å². The molecule has 0 aliphatic rings. The van der Waals surface area contributed by atoms with Gasteiger partial charge in [0.2, 0.25) is 0 Å². The maximum absolute atomic E-state index is 12.0. The highest BCUT2D eigenvalue weighted by Crippen LogP contribution is 2.27. The van der Waals surface area contributed by atoms with Gasteiger partial charge < -0.3 is 15.2 Å². The monoisotopic (exact) mass is 279 g/mol. The molecule has 112 valence electrons. The predicted molar refractivity (Wildman–Crippen MR) is 79.8 cm³/mol. The first-order valence-electron chi connectivity index (χ1n) is 6.87. The van der Waals surface area contributed by atoms with E-state index in [-0.39, 0.29) is 11.4 Å². The second kappa shape index (κ2) is 6.27. The van der Waals surface area contributed by atoms with Crippen LogP contribution in [0.3, 0.4) is 0 Å². The van der Waals surface area contributed by atoms with Crippen LogP contribution >= 0.6 is 0 Å². The number of carbonyl (C=O) groups is 1. The van der Waals surface area contributed by atoms with E-state index < -0.39 is 12.2 Å². The third-order valence-corrected chi connectivity index (χ3v) is 2.79. The minimum absolute atomic E-state index is 0.172. The number of hydrogen-bond acceptors (Lipinski definition) is 3. The van der Waals surface area contributed by atoms with Crippen molar-refractivity contribution in [3.8, 4) is 5.75 Å². The molecule has 0 spiro atoms. The Morgan fingerprint density at radius 1 is 1.30 bits per heavy atom. The van der Waals surface area contributed by atoms with Gasteiger partial charge in [0.05, 0.1) is 6.10 Å². The zero-order valence-corrected chi connectivity index (χ0v) is 13.2. The van der Waals surface area contributed by atoms with Gasteiger partial charge in [-0.25, -0.2) is 0 Å². The Morgan fingerprint density at radius 2 is 1.90 bits per heavy atom. The fourth-order valence-corrected chi connectivity index (χ4v) is 1.82. The van der Waals surface area contributed by atoms with Gasteiger partial charge in [-0.05, 0) is 53.7 Å². The summed E-state index contributed by atoms with van der Waals surface area (Å²) in [5, 5.41) is 12.7. The molecular formula is C16H25NO3. The highest BCUT2D eigenvalue weighted by atomic mass is 16.5. The molecule has 0 fully saturated rings. The Labute approximate surface area is 121 Å². The number of rotatable bonds is 4. The second-order valence-electron chi connectivity index (χ2n) is 6.22. The van der Waals surface area contributed by atoms with Gasteiger partial charge in [0.1, 0.15) is 5.75 Å². The SMILES string of the molecule is Cc1ccc(OC(C)C(=O)NC(C)(C)C)c([C@@H](C)O)c1. The molecule has 4 nitrogen and oxygen atoms in total. The number of benzene rings is 1. The van der Waals surface area contributed by atoms with Gasteiger partial charge in [0.25, 0.3) is 5.91 Å². The molecule has 2 N–H and O–H groups in total. The molecule has 0 radical (unpaired) electrons. The zero-order chi connectivity index (χ0) is 15.5. The van der Waals surface area contributed by atoms with Crippen LogP contribution in [-0.4, -0.2) is 22.7 Å². The molecule has 1 unspecified atom stereocenters. The van der Waals surface area contributed by atoms with Crippen LogP contribution in [0.25, 0.3) is 0 Å². The average molecular weight is 279 g/mol. The van der Waals surface area contributed by atoms with E-state index in [1.54, 1.807) is 19.9 Å². The van der Waals surface area contributed by atoms with Crippen molar-refractivity contribution in [2.45, 2.75) is 59.3 Å². The number of carbonyl (C=O) groups excluding carboxylic acids is 1. The van der Waals surface area contributed by atoms with Crippen LogP contribution in [0.5, 0.6) is 5.75 Å². The van der Waals surface area contributed by atoms with Crippen molar-refractivity contribution in [3.05, 3.63) is 29.3 Å². The minimum Gasteiger partial charge on any atom is -0.481 e. The van der Waals surface area contributed by atoms with Crippen LogP contribution in [0.15, 0.2) is 18.2 Å². The number of aliphatic hydroxyl groups excluding tert-OH is 1. The standard InChI is InChI=1S/C16H25NO3/c1-10-7-8-14(13(9-10)11(2)18)20-12(3)15(19)17-16(4,5)6/h7-9,11-12,18H,1-6H3,(H,17,19)/t11-,12?/m1/s1. The number of aliphatic hydroxyl groups is 1. The van der Waals surface area contributed by atoms with E-state index >= 15 is 0 Å². The summed E-state index contributed by atoms with van der Waals surface area (Å²) >= 11 is 0. The third-order valence-electron chi connectivity index (χ3n) is 2.79. The van der Waals surface area contributed by atoms with E-state index in [0.717, 1.165) is 5.56 Å². The van der Waals surface area contributed by atoms with Gasteiger partial charge in [0, 0.05) is 11.1 Å². The molecule has 0 heterocycles. The van der Waals surface area contributed by atoms with Crippen molar-refractivity contribution in [2.75, 3.05) is 0 Å². The molecule has 1 rings (SSSR count). The number of ether oxygens (including phenoxy) is 1. The summed E-state index contributed by atoms with van der Waals surface area (Å²) < 4.78 is 5.70. The molecule has 1 aromatic carbocycles. The number of nitrogens with one attached hydrogen (secondary N) is 1. The van der Waals surface area contributed by atoms with Gasteiger partial charge in [0.15, 0.2) is 6.10 Å². The lowest BCUT2D eigenvalue weighted by atomic mass is 10.1. The van der Waals surface area contributed by atoms with Crippen molar-refractivity contribution in [1.29, 1.82) is 0 Å². The molecule has 0 saturated carbocycles. The summed E-state index contributed by atoms with van der Waals surface area (Å²) in [5.74, 6) is 0.372. The molecule has 1 aromatic rings. The maximum atomic E-state index is 12.0. The number of amides is 1. The second-order valence-corrected chi connectivity index (χ2v) is 6.22. The van der Waals surface area contributed by atoms with Crippen LogP contribution in [0.1, 0.15) is 51.8 Å². The van der Waals surface area contributed by atoms with Gasteiger partial charge in [-0.3, -0.25) is 4.79 Å². The highest BCUT2D eigenvalue weighted by molar-refractivity contribution is 5.81. The summed E-state index contributed by atoms with van der Waals surface area (Å²) in [6, 6.07) is 5.56. The predicted octanol–water partition coefficient (Wildman–Crippen LogP) is 2.73. The quantitative estimate of drug-likeness (QED) is 0.891. The summed E-state index contributed by atoms with van der Waals surface area (Å²) in [7, 11) is 0. The molecule has 0 aliphatic heterocycles. The van der Waals surface area contributed by atoms with Gasteiger partial charge >= 0.3 is 0 Å². The van der Waals surface area contributed by atoms with Crippen LogP contribution < -0.4 is 10.1 Å². The van der Waals surface area contributed by atoms with E-state index in [2.05, 4.69) is 5.32 Å². The normalized spacial score (nSPS) is 14.6. The van der Waals surface area contributed by atoms with Crippen molar-refractivity contribution >= 4 is 5.91 Å². The smallest absolute Gasteiger partial charge is 0.261 e. The minimum atomic E-state index is -0.636. The van der Waals surface area contributed by atoms with Crippen LogP contribution in [-0.2, 0) is 4.79 Å². The van der Waals surface area contributed by atoms with Gasteiger partial charge in [-0.1, -0.05) is 11.6 Å². The molecule has 1 amide bonds. The van der Waals surface area contributed by atoms with Crippen molar-refractivity contribution in [2.24, 2.45) is 0 Å². The first-order valence-corrected chi connectivity index (χ1v) is 6.87. The fourth-order valence-electron chi connectivity index (χ4n) is 1.82. The molecular weight excluding hydrogens is 254 g/mol. The molecule has 0 saturated heterocycles. The van der Waals surface area contributed by atoms with E-state index in [4.69, 9.17) is 4.74 Å². The Balaban J connectivity index is 2.85. The Hall–Kier alpha value is -1.55. The zero-order valence-electron chi connectivity index (χ0n) is 13.2. The van der Waals surface area contributed by atoms with Gasteiger partial charge in [-0.15, -0.1) is 0 Å². The number of aryl methyl sites for hydroxylation is 1. The van der Waals surface area contributed by atoms with Crippen LogP contribution in [0.4, 0.5) is 0 Å². The van der Waals surface area contributed by atoms with Crippen LogP contribution in [0.2, 0.25) is 0 Å². The van der Waals surface area contributed by atoms with Crippen molar-refractivity contribution in [3.63, 3.8) is 0 Å². The van der Waals surface area contributed by atoms with Gasteiger partial charge in [-0.2, -0.15) is 0 Å². The van der Waals surface area contributed by atoms with Crippen LogP contribution in [0, 0.1) is 6.92 Å². The summed E-state index contributed by atoms with van der Waals surface area (Å²) in [6.07, 6.45) is -1.25. The van der Waals surface area contributed by atoms with E-state index in [0.29, 0.717) is 11.3 Å². The highest BCUT2D eigenvalue weighted by Gasteiger charge is 2.22. The Kier molecular flexibility index (Phi) is 5.17. The van der Waals surface area contributed by atoms with E-state index in [1.165, 1.54) is 0 Å². The van der Waals surface area contributed by atoms with E-state index in [9.17, 15) is 9.90 Å². The maximum Gasteiger partial charge on any atom is 0.261 e. The first-order chi connectivity index (χ1) is 9.10. The summed E-state index contributed by atoms with van der Waals surface area (Å²) in [6.45, 7) is 11.1. The first kappa shape index (κ1) is 16.5. The van der Waals surface area contributed by atoms with Crippen molar-refractivity contribution in [1.82, 2.24) is 5.32 Å². The number of hydrogen-bond donors (Lipinski definition) is 2. The fraction of sp³-hybridized carbons (Fsp3) is 0.562. The largest absolute Gasteiger partial charge is 0.481 e. The lowest BCUT2D eigenvalue weighted by Gasteiger charge is -2.24.